The number of hydrogen-bond donors (Lipinski definition) is 0. The number of rotatable bonds is 7. The molecule has 18 heavy (non-hydrogen) atoms. The molecule has 1 rings (SSSR count). The van der Waals surface area contributed by atoms with Crippen LogP contribution in [0, 0.1) is 20.8 Å². The first-order valence-corrected chi connectivity index (χ1v) is 6.39. The fourth-order valence-corrected chi connectivity index (χ4v) is 1.91. The first-order chi connectivity index (χ1) is 8.61. The molecule has 100 valence electrons. The van der Waals surface area contributed by atoms with Crippen LogP contribution in [0.25, 0.3) is 0 Å². The van der Waals surface area contributed by atoms with E-state index in [1.807, 2.05) is 27.7 Å². The van der Waals surface area contributed by atoms with Crippen LogP contribution in [0.15, 0.2) is 12.7 Å². The van der Waals surface area contributed by atoms with Crippen LogP contribution in [0.4, 0.5) is 0 Å². The van der Waals surface area contributed by atoms with Crippen molar-refractivity contribution in [3.63, 3.8) is 0 Å². The van der Waals surface area contributed by atoms with Crippen molar-refractivity contribution in [1.82, 2.24) is 4.98 Å². The number of nitrogens with zero attached hydrogens (tertiary/aromatic N) is 1. The summed E-state index contributed by atoms with van der Waals surface area (Å²) in [5.41, 5.74) is 4.30. The van der Waals surface area contributed by atoms with Gasteiger partial charge in [0.15, 0.2) is 0 Å². The van der Waals surface area contributed by atoms with Gasteiger partial charge in [0.1, 0.15) is 12.4 Å². The van der Waals surface area contributed by atoms with E-state index in [0.717, 1.165) is 41.3 Å². The molecule has 0 amide bonds. The molecule has 0 bridgehead atoms. The van der Waals surface area contributed by atoms with Crippen molar-refractivity contribution in [2.45, 2.75) is 34.1 Å². The lowest BCUT2D eigenvalue weighted by molar-refractivity contribution is 0.150. The van der Waals surface area contributed by atoms with E-state index in [0.29, 0.717) is 13.2 Å². The normalized spacial score (nSPS) is 10.4. The Hall–Kier alpha value is -1.35. The van der Waals surface area contributed by atoms with Crippen LogP contribution < -0.4 is 4.74 Å². The monoisotopic (exact) mass is 249 g/mol. The van der Waals surface area contributed by atoms with Gasteiger partial charge in [-0.25, -0.2) is 0 Å². The largest absolute Gasteiger partial charge is 0.489 e. The standard InChI is InChI=1S/C15H23NO2/c1-6-9-18-15-11(3)12(4)16-13(5)14(15)8-10-17-7-2/h6H,1,7-10H2,2-5H3. The molecule has 0 aliphatic carbocycles. The zero-order valence-electron chi connectivity index (χ0n) is 11.9. The molecule has 1 aromatic rings. The zero-order chi connectivity index (χ0) is 13.5. The summed E-state index contributed by atoms with van der Waals surface area (Å²) in [5, 5.41) is 0. The smallest absolute Gasteiger partial charge is 0.129 e. The minimum atomic E-state index is 0.519. The van der Waals surface area contributed by atoms with E-state index in [2.05, 4.69) is 11.6 Å². The van der Waals surface area contributed by atoms with Crippen molar-refractivity contribution >= 4 is 0 Å². The molecule has 3 heteroatoms. The number of aromatic nitrogens is 1. The third kappa shape index (κ3) is 3.57. The Morgan fingerprint density at radius 3 is 2.56 bits per heavy atom. The molecule has 0 unspecified atom stereocenters. The SMILES string of the molecule is C=CCOc1c(C)c(C)nc(C)c1CCOCC. The van der Waals surface area contributed by atoms with Gasteiger partial charge in [0.2, 0.25) is 0 Å². The summed E-state index contributed by atoms with van der Waals surface area (Å²) in [4.78, 5) is 4.56. The lowest BCUT2D eigenvalue weighted by Crippen LogP contribution is -2.08. The molecule has 0 aliphatic heterocycles. The van der Waals surface area contributed by atoms with E-state index < -0.39 is 0 Å². The van der Waals surface area contributed by atoms with Gasteiger partial charge in [-0.15, -0.1) is 0 Å². The van der Waals surface area contributed by atoms with Crippen LogP contribution >= 0.6 is 0 Å². The molecule has 0 saturated carbocycles. The van der Waals surface area contributed by atoms with Gasteiger partial charge in [-0.2, -0.15) is 0 Å². The topological polar surface area (TPSA) is 31.4 Å². The average Bonchev–Trinajstić information content (AvgIpc) is 2.35. The highest BCUT2D eigenvalue weighted by atomic mass is 16.5. The van der Waals surface area contributed by atoms with Crippen LogP contribution in [0.3, 0.4) is 0 Å². The molecule has 0 saturated heterocycles. The van der Waals surface area contributed by atoms with E-state index in [-0.39, 0.29) is 0 Å². The second kappa shape index (κ2) is 7.17. The van der Waals surface area contributed by atoms with E-state index >= 15 is 0 Å². The molecule has 0 aliphatic rings. The molecule has 0 fully saturated rings. The van der Waals surface area contributed by atoms with Crippen molar-refractivity contribution in [2.75, 3.05) is 19.8 Å². The Kier molecular flexibility index (Phi) is 5.86. The summed E-state index contributed by atoms with van der Waals surface area (Å²) < 4.78 is 11.2. The van der Waals surface area contributed by atoms with Crippen LogP contribution in [0.2, 0.25) is 0 Å². The Morgan fingerprint density at radius 1 is 1.22 bits per heavy atom. The number of ether oxygens (including phenoxy) is 2. The van der Waals surface area contributed by atoms with Crippen molar-refractivity contribution in [1.29, 1.82) is 0 Å². The average molecular weight is 249 g/mol. The number of aryl methyl sites for hydroxylation is 2. The van der Waals surface area contributed by atoms with Gasteiger partial charge in [0.25, 0.3) is 0 Å². The van der Waals surface area contributed by atoms with Crippen molar-refractivity contribution in [3.05, 3.63) is 35.2 Å². The molecule has 0 N–H and O–H groups in total. The van der Waals surface area contributed by atoms with Crippen LogP contribution in [0.1, 0.15) is 29.4 Å². The van der Waals surface area contributed by atoms with Gasteiger partial charge in [-0.3, -0.25) is 4.98 Å². The second-order valence-electron chi connectivity index (χ2n) is 4.26. The third-order valence-corrected chi connectivity index (χ3v) is 2.98. The van der Waals surface area contributed by atoms with E-state index in [1.54, 1.807) is 6.08 Å². The van der Waals surface area contributed by atoms with Crippen LogP contribution in [-0.2, 0) is 11.2 Å². The maximum Gasteiger partial charge on any atom is 0.129 e. The highest BCUT2D eigenvalue weighted by Crippen LogP contribution is 2.28. The minimum Gasteiger partial charge on any atom is -0.489 e. The molecule has 3 nitrogen and oxygen atoms in total. The number of hydrogen-bond acceptors (Lipinski definition) is 3. The molecule has 0 aromatic carbocycles. The van der Waals surface area contributed by atoms with Gasteiger partial charge in [0.05, 0.1) is 6.61 Å². The van der Waals surface area contributed by atoms with E-state index in [4.69, 9.17) is 9.47 Å². The summed E-state index contributed by atoms with van der Waals surface area (Å²) >= 11 is 0. The van der Waals surface area contributed by atoms with Crippen LogP contribution in [-0.4, -0.2) is 24.8 Å². The fraction of sp³-hybridized carbons (Fsp3) is 0.533. The van der Waals surface area contributed by atoms with Gasteiger partial charge in [-0.1, -0.05) is 12.7 Å². The number of pyridine rings is 1. The Morgan fingerprint density at radius 2 is 1.94 bits per heavy atom. The third-order valence-electron chi connectivity index (χ3n) is 2.98. The summed E-state index contributed by atoms with van der Waals surface area (Å²) in [6.45, 7) is 13.7. The van der Waals surface area contributed by atoms with Crippen molar-refractivity contribution in [3.8, 4) is 5.75 Å². The molecular weight excluding hydrogens is 226 g/mol. The highest BCUT2D eigenvalue weighted by molar-refractivity contribution is 5.45. The Labute approximate surface area is 110 Å². The first kappa shape index (κ1) is 14.7. The van der Waals surface area contributed by atoms with Gasteiger partial charge >= 0.3 is 0 Å². The summed E-state index contributed by atoms with van der Waals surface area (Å²) in [5.74, 6) is 0.944. The molecule has 0 atom stereocenters. The molecule has 0 radical (unpaired) electrons. The van der Waals surface area contributed by atoms with Crippen molar-refractivity contribution < 1.29 is 9.47 Å². The van der Waals surface area contributed by atoms with Gasteiger partial charge in [-0.05, 0) is 27.7 Å². The lowest BCUT2D eigenvalue weighted by atomic mass is 10.0. The lowest BCUT2D eigenvalue weighted by Gasteiger charge is -2.17. The highest BCUT2D eigenvalue weighted by Gasteiger charge is 2.14. The molecule has 0 spiro atoms. The van der Waals surface area contributed by atoms with Crippen molar-refractivity contribution in [2.24, 2.45) is 0 Å². The minimum absolute atomic E-state index is 0.519. The predicted molar refractivity (Wildman–Crippen MR) is 74.3 cm³/mol. The quantitative estimate of drug-likeness (QED) is 0.549. The van der Waals surface area contributed by atoms with Gasteiger partial charge in [0, 0.05) is 35.5 Å². The molecule has 1 aromatic heterocycles. The van der Waals surface area contributed by atoms with E-state index in [1.165, 1.54) is 0 Å². The first-order valence-electron chi connectivity index (χ1n) is 6.39. The predicted octanol–water partition coefficient (Wildman–Crippen LogP) is 3.15. The molecule has 1 heterocycles. The Bertz CT molecular complexity index is 413. The van der Waals surface area contributed by atoms with E-state index in [9.17, 15) is 0 Å². The maximum absolute atomic E-state index is 5.80. The summed E-state index contributed by atoms with van der Waals surface area (Å²) in [6, 6.07) is 0. The Balaban J connectivity index is 3.03. The maximum atomic E-state index is 5.80. The summed E-state index contributed by atoms with van der Waals surface area (Å²) in [7, 11) is 0. The van der Waals surface area contributed by atoms with Gasteiger partial charge < -0.3 is 9.47 Å². The molecular formula is C15H23NO2. The summed E-state index contributed by atoms with van der Waals surface area (Å²) in [6.07, 6.45) is 2.59. The fourth-order valence-electron chi connectivity index (χ4n) is 1.91. The second-order valence-corrected chi connectivity index (χ2v) is 4.26. The van der Waals surface area contributed by atoms with Crippen LogP contribution in [0.5, 0.6) is 5.75 Å². The zero-order valence-corrected chi connectivity index (χ0v) is 11.9.